The second kappa shape index (κ2) is 7.05. The van der Waals surface area contributed by atoms with E-state index in [2.05, 4.69) is 68.0 Å². The minimum atomic E-state index is 0.391. The first-order chi connectivity index (χ1) is 9.56. The first-order valence-electron chi connectivity index (χ1n) is 7.40. The van der Waals surface area contributed by atoms with Gasteiger partial charge in [0.05, 0.1) is 0 Å². The predicted octanol–water partition coefficient (Wildman–Crippen LogP) is 5.11. The molecule has 1 N–H and O–H groups in total. The number of hydrogen-bond acceptors (Lipinski definition) is 2. The zero-order valence-electron chi connectivity index (χ0n) is 12.9. The van der Waals surface area contributed by atoms with Gasteiger partial charge in [-0.1, -0.05) is 38.1 Å². The molecule has 1 aromatic heterocycles. The summed E-state index contributed by atoms with van der Waals surface area (Å²) in [6.07, 6.45) is 1.16. The number of rotatable bonds is 6. The van der Waals surface area contributed by atoms with Gasteiger partial charge in [-0.05, 0) is 59.2 Å². The minimum Gasteiger partial charge on any atom is -0.306 e. The maximum Gasteiger partial charge on any atom is 0.0294 e. The molecule has 0 fully saturated rings. The highest BCUT2D eigenvalue weighted by Gasteiger charge is 2.07. The van der Waals surface area contributed by atoms with E-state index in [0.717, 1.165) is 18.9 Å². The average molecular weight is 287 g/mol. The first kappa shape index (κ1) is 15.3. The summed E-state index contributed by atoms with van der Waals surface area (Å²) < 4.78 is 0. The fourth-order valence-corrected chi connectivity index (χ4v) is 3.22. The van der Waals surface area contributed by atoms with Crippen LogP contribution in [-0.2, 0) is 13.0 Å². The summed E-state index contributed by atoms with van der Waals surface area (Å²) in [5.74, 6) is 0.720. The van der Waals surface area contributed by atoms with Gasteiger partial charge in [-0.25, -0.2) is 0 Å². The second-order valence-corrected chi connectivity index (χ2v) is 6.77. The van der Waals surface area contributed by atoms with Crippen molar-refractivity contribution in [1.29, 1.82) is 0 Å². The van der Waals surface area contributed by atoms with Gasteiger partial charge in [-0.2, -0.15) is 11.3 Å². The van der Waals surface area contributed by atoms with E-state index in [1.54, 1.807) is 11.3 Å². The van der Waals surface area contributed by atoms with Crippen molar-refractivity contribution in [3.63, 3.8) is 0 Å². The molecule has 1 nitrogen and oxygen atoms in total. The molecule has 0 radical (unpaired) electrons. The molecule has 0 spiro atoms. The quantitative estimate of drug-likeness (QED) is 0.779. The van der Waals surface area contributed by atoms with Gasteiger partial charge in [0.2, 0.25) is 0 Å². The van der Waals surface area contributed by atoms with Crippen molar-refractivity contribution in [2.24, 2.45) is 5.92 Å². The zero-order chi connectivity index (χ0) is 14.5. The summed E-state index contributed by atoms with van der Waals surface area (Å²) in [5.41, 5.74) is 5.61. The van der Waals surface area contributed by atoms with Crippen LogP contribution in [-0.4, -0.2) is 0 Å². The van der Waals surface area contributed by atoms with Gasteiger partial charge >= 0.3 is 0 Å². The molecule has 1 unspecified atom stereocenters. The van der Waals surface area contributed by atoms with Gasteiger partial charge < -0.3 is 5.32 Å². The van der Waals surface area contributed by atoms with Gasteiger partial charge in [-0.15, -0.1) is 0 Å². The lowest BCUT2D eigenvalue weighted by Crippen LogP contribution is -2.18. The molecule has 1 aromatic carbocycles. The molecule has 0 amide bonds. The van der Waals surface area contributed by atoms with E-state index in [1.807, 2.05) is 0 Å². The van der Waals surface area contributed by atoms with Crippen molar-refractivity contribution in [1.82, 2.24) is 5.32 Å². The Kier molecular flexibility index (Phi) is 5.38. The Balaban J connectivity index is 1.92. The summed E-state index contributed by atoms with van der Waals surface area (Å²) in [6.45, 7) is 9.89. The van der Waals surface area contributed by atoms with Crippen molar-refractivity contribution in [2.45, 2.75) is 46.7 Å². The maximum absolute atomic E-state index is 3.61. The standard InChI is InChI=1S/C18H25NS/c1-13(2)9-16-5-7-17(8-6-16)15(4)19-10-18-12-20-11-14(18)3/h5-8,11-13,15,19H,9-10H2,1-4H3. The van der Waals surface area contributed by atoms with E-state index in [4.69, 9.17) is 0 Å². The smallest absolute Gasteiger partial charge is 0.0294 e. The molecular formula is C18H25NS. The molecule has 20 heavy (non-hydrogen) atoms. The third-order valence-electron chi connectivity index (χ3n) is 3.68. The largest absolute Gasteiger partial charge is 0.306 e. The Labute approximate surface area is 127 Å². The highest BCUT2D eigenvalue weighted by Crippen LogP contribution is 2.18. The predicted molar refractivity (Wildman–Crippen MR) is 89.3 cm³/mol. The highest BCUT2D eigenvalue weighted by molar-refractivity contribution is 7.08. The Morgan fingerprint density at radius 1 is 1.05 bits per heavy atom. The summed E-state index contributed by atoms with van der Waals surface area (Å²) in [5, 5.41) is 8.06. The van der Waals surface area contributed by atoms with Crippen molar-refractivity contribution in [2.75, 3.05) is 0 Å². The van der Waals surface area contributed by atoms with Crippen molar-refractivity contribution < 1.29 is 0 Å². The summed E-state index contributed by atoms with van der Waals surface area (Å²) in [6, 6.07) is 9.45. The Hall–Kier alpha value is -1.12. The Morgan fingerprint density at radius 3 is 2.30 bits per heavy atom. The lowest BCUT2D eigenvalue weighted by Gasteiger charge is -2.15. The number of benzene rings is 1. The Bertz CT molecular complexity index is 525. The van der Waals surface area contributed by atoms with Gasteiger partial charge in [-0.3, -0.25) is 0 Å². The molecule has 0 aliphatic heterocycles. The van der Waals surface area contributed by atoms with Crippen LogP contribution >= 0.6 is 11.3 Å². The van der Waals surface area contributed by atoms with Crippen LogP contribution in [0.4, 0.5) is 0 Å². The molecule has 1 heterocycles. The molecule has 2 aromatic rings. The van der Waals surface area contributed by atoms with Crippen molar-refractivity contribution in [3.8, 4) is 0 Å². The number of nitrogens with one attached hydrogen (secondary N) is 1. The lowest BCUT2D eigenvalue weighted by molar-refractivity contribution is 0.573. The Morgan fingerprint density at radius 2 is 1.75 bits per heavy atom. The van der Waals surface area contributed by atoms with Crippen LogP contribution in [0.1, 0.15) is 49.1 Å². The maximum atomic E-state index is 3.61. The van der Waals surface area contributed by atoms with Crippen LogP contribution in [0.25, 0.3) is 0 Å². The summed E-state index contributed by atoms with van der Waals surface area (Å²) in [7, 11) is 0. The zero-order valence-corrected chi connectivity index (χ0v) is 13.8. The topological polar surface area (TPSA) is 12.0 Å². The summed E-state index contributed by atoms with van der Waals surface area (Å²) >= 11 is 1.78. The third-order valence-corrected chi connectivity index (χ3v) is 4.59. The first-order valence-corrected chi connectivity index (χ1v) is 8.34. The molecule has 108 valence electrons. The molecule has 0 bridgehead atoms. The van der Waals surface area contributed by atoms with Crippen LogP contribution in [0.3, 0.4) is 0 Å². The van der Waals surface area contributed by atoms with Gasteiger partial charge in [0.1, 0.15) is 0 Å². The van der Waals surface area contributed by atoms with Crippen molar-refractivity contribution >= 4 is 11.3 Å². The monoisotopic (exact) mass is 287 g/mol. The van der Waals surface area contributed by atoms with E-state index in [0.29, 0.717) is 6.04 Å². The van der Waals surface area contributed by atoms with Crippen LogP contribution in [0, 0.1) is 12.8 Å². The fourth-order valence-electron chi connectivity index (χ4n) is 2.36. The molecule has 1 atom stereocenters. The molecule has 2 rings (SSSR count). The number of hydrogen-bond donors (Lipinski definition) is 1. The van der Waals surface area contributed by atoms with Crippen molar-refractivity contribution in [3.05, 3.63) is 57.3 Å². The van der Waals surface area contributed by atoms with Gasteiger partial charge in [0.25, 0.3) is 0 Å². The van der Waals surface area contributed by atoms with Crippen LogP contribution in [0.15, 0.2) is 35.0 Å². The molecule has 0 aliphatic rings. The second-order valence-electron chi connectivity index (χ2n) is 6.02. The number of thiophene rings is 1. The molecule has 0 aliphatic carbocycles. The third kappa shape index (κ3) is 4.19. The van der Waals surface area contributed by atoms with E-state index >= 15 is 0 Å². The fraction of sp³-hybridized carbons (Fsp3) is 0.444. The average Bonchev–Trinajstić information content (AvgIpc) is 2.82. The molecule has 0 saturated carbocycles. The normalized spacial score (nSPS) is 12.8. The van der Waals surface area contributed by atoms with Crippen LogP contribution < -0.4 is 5.32 Å². The van der Waals surface area contributed by atoms with E-state index < -0.39 is 0 Å². The van der Waals surface area contributed by atoms with Crippen LogP contribution in [0.2, 0.25) is 0 Å². The minimum absolute atomic E-state index is 0.391. The summed E-state index contributed by atoms with van der Waals surface area (Å²) in [4.78, 5) is 0. The number of aryl methyl sites for hydroxylation is 1. The van der Waals surface area contributed by atoms with Crippen LogP contribution in [0.5, 0.6) is 0 Å². The highest BCUT2D eigenvalue weighted by atomic mass is 32.1. The van der Waals surface area contributed by atoms with E-state index in [1.165, 1.54) is 22.3 Å². The van der Waals surface area contributed by atoms with E-state index in [-0.39, 0.29) is 0 Å². The van der Waals surface area contributed by atoms with E-state index in [9.17, 15) is 0 Å². The van der Waals surface area contributed by atoms with Gasteiger partial charge in [0, 0.05) is 12.6 Å². The molecule has 2 heteroatoms. The lowest BCUT2D eigenvalue weighted by atomic mass is 10.00. The SMILES string of the molecule is Cc1cscc1CNC(C)c1ccc(CC(C)C)cc1. The van der Waals surface area contributed by atoms with Gasteiger partial charge in [0.15, 0.2) is 0 Å². The molecule has 0 saturated heterocycles. The molecular weight excluding hydrogens is 262 g/mol.